The second-order valence-corrected chi connectivity index (χ2v) is 7.80. The molecule has 0 aliphatic heterocycles. The van der Waals surface area contributed by atoms with Crippen LogP contribution in [0.25, 0.3) is 11.3 Å². The number of nitrogens with one attached hydrogen (secondary N) is 3. The summed E-state index contributed by atoms with van der Waals surface area (Å²) in [5, 5.41) is 11.4. The third-order valence-electron chi connectivity index (χ3n) is 4.43. The molecule has 0 radical (unpaired) electrons. The molecule has 1 heterocycles. The van der Waals surface area contributed by atoms with Crippen molar-refractivity contribution in [3.05, 3.63) is 35.2 Å². The molecular formula is C20H26N4O2S. The number of aryl methyl sites for hydroxylation is 1. The average Bonchev–Trinajstić information content (AvgIpc) is 3.36. The van der Waals surface area contributed by atoms with E-state index < -0.39 is 0 Å². The van der Waals surface area contributed by atoms with Gasteiger partial charge in [0.25, 0.3) is 0 Å². The topological polar surface area (TPSA) is 83.1 Å². The van der Waals surface area contributed by atoms with Crippen LogP contribution in [0, 0.1) is 5.92 Å². The number of benzene rings is 1. The van der Waals surface area contributed by atoms with Crippen LogP contribution in [-0.2, 0) is 16.0 Å². The van der Waals surface area contributed by atoms with E-state index >= 15 is 0 Å². The Morgan fingerprint density at radius 1 is 1.22 bits per heavy atom. The molecule has 0 spiro atoms. The van der Waals surface area contributed by atoms with Crippen LogP contribution < -0.4 is 16.0 Å². The summed E-state index contributed by atoms with van der Waals surface area (Å²) in [5.41, 5.74) is 3.13. The smallest absolute Gasteiger partial charge is 0.240 e. The number of rotatable bonds is 10. The summed E-state index contributed by atoms with van der Waals surface area (Å²) in [5.74, 6) is 0.721. The summed E-state index contributed by atoms with van der Waals surface area (Å²) in [6.07, 6.45) is 4.39. The first-order chi connectivity index (χ1) is 13.1. The van der Waals surface area contributed by atoms with Gasteiger partial charge >= 0.3 is 0 Å². The molecule has 1 fully saturated rings. The van der Waals surface area contributed by atoms with E-state index in [-0.39, 0.29) is 11.8 Å². The highest BCUT2D eigenvalue weighted by atomic mass is 32.1. The van der Waals surface area contributed by atoms with Crippen molar-refractivity contribution < 1.29 is 9.59 Å². The van der Waals surface area contributed by atoms with E-state index in [1.54, 1.807) is 0 Å². The lowest BCUT2D eigenvalue weighted by atomic mass is 10.1. The fraction of sp³-hybridized carbons (Fsp3) is 0.450. The molecule has 144 valence electrons. The Morgan fingerprint density at radius 3 is 2.70 bits per heavy atom. The lowest BCUT2D eigenvalue weighted by molar-refractivity contribution is -0.119. The Bertz CT molecular complexity index is 769. The molecule has 2 aromatic rings. The molecule has 0 unspecified atom stereocenters. The van der Waals surface area contributed by atoms with Gasteiger partial charge in [-0.15, -0.1) is 11.3 Å². The average molecular weight is 387 g/mol. The quantitative estimate of drug-likeness (QED) is 0.548. The number of thiazole rings is 1. The van der Waals surface area contributed by atoms with Crippen molar-refractivity contribution in [2.45, 2.75) is 32.6 Å². The molecule has 1 aliphatic rings. The number of nitrogens with zero attached hydrogens (tertiary/aromatic N) is 1. The Balaban J connectivity index is 1.45. The molecule has 1 saturated carbocycles. The zero-order chi connectivity index (χ0) is 19.1. The van der Waals surface area contributed by atoms with Crippen LogP contribution in [0.3, 0.4) is 0 Å². The van der Waals surface area contributed by atoms with Crippen LogP contribution in [0.2, 0.25) is 0 Å². The molecule has 0 atom stereocenters. The molecule has 1 aromatic carbocycles. The van der Waals surface area contributed by atoms with E-state index in [2.05, 4.69) is 33.1 Å². The van der Waals surface area contributed by atoms with E-state index in [9.17, 15) is 9.59 Å². The Kier molecular flexibility index (Phi) is 6.95. The predicted molar refractivity (Wildman–Crippen MR) is 109 cm³/mol. The minimum absolute atomic E-state index is 0.00969. The largest absolute Gasteiger partial charge is 0.356 e. The first-order valence-corrected chi connectivity index (χ1v) is 10.3. The van der Waals surface area contributed by atoms with Crippen molar-refractivity contribution in [1.82, 2.24) is 15.6 Å². The van der Waals surface area contributed by atoms with Crippen LogP contribution in [0.1, 0.15) is 31.7 Å². The van der Waals surface area contributed by atoms with E-state index in [0.717, 1.165) is 36.6 Å². The van der Waals surface area contributed by atoms with Gasteiger partial charge in [0.05, 0.1) is 12.2 Å². The summed E-state index contributed by atoms with van der Waals surface area (Å²) in [6, 6.07) is 8.27. The van der Waals surface area contributed by atoms with Crippen LogP contribution in [0.15, 0.2) is 29.6 Å². The SMILES string of the molecule is CC(=O)NCCCc1ccc(-c2csc(NC(=O)CNCC3CC3)n2)cc1. The number of carbonyl (C=O) groups is 2. The maximum atomic E-state index is 11.9. The van der Waals surface area contributed by atoms with Gasteiger partial charge in [-0.3, -0.25) is 9.59 Å². The second kappa shape index (κ2) is 9.62. The van der Waals surface area contributed by atoms with Gasteiger partial charge in [0.2, 0.25) is 11.8 Å². The van der Waals surface area contributed by atoms with Gasteiger partial charge in [-0.25, -0.2) is 4.98 Å². The minimum Gasteiger partial charge on any atom is -0.356 e. The van der Waals surface area contributed by atoms with Crippen molar-refractivity contribution in [3.8, 4) is 11.3 Å². The fourth-order valence-electron chi connectivity index (χ4n) is 2.74. The second-order valence-electron chi connectivity index (χ2n) is 6.94. The molecule has 7 heteroatoms. The van der Waals surface area contributed by atoms with E-state index in [1.807, 2.05) is 17.5 Å². The highest BCUT2D eigenvalue weighted by molar-refractivity contribution is 7.14. The summed E-state index contributed by atoms with van der Waals surface area (Å²) in [7, 11) is 0. The van der Waals surface area contributed by atoms with E-state index in [0.29, 0.717) is 18.2 Å². The summed E-state index contributed by atoms with van der Waals surface area (Å²) >= 11 is 1.44. The number of carbonyl (C=O) groups excluding carboxylic acids is 2. The Labute approximate surface area is 163 Å². The molecule has 3 rings (SSSR count). The van der Waals surface area contributed by atoms with Gasteiger partial charge < -0.3 is 16.0 Å². The third-order valence-corrected chi connectivity index (χ3v) is 5.19. The van der Waals surface area contributed by atoms with Crippen molar-refractivity contribution in [2.24, 2.45) is 5.92 Å². The van der Waals surface area contributed by atoms with Crippen molar-refractivity contribution >= 4 is 28.3 Å². The lowest BCUT2D eigenvalue weighted by Gasteiger charge is -2.04. The van der Waals surface area contributed by atoms with Crippen molar-refractivity contribution in [3.63, 3.8) is 0 Å². The molecular weight excluding hydrogens is 360 g/mol. The van der Waals surface area contributed by atoms with Gasteiger partial charge in [0.15, 0.2) is 5.13 Å². The number of aromatic nitrogens is 1. The van der Waals surface area contributed by atoms with Gasteiger partial charge in [0.1, 0.15) is 0 Å². The van der Waals surface area contributed by atoms with Crippen LogP contribution >= 0.6 is 11.3 Å². The maximum Gasteiger partial charge on any atom is 0.240 e. The predicted octanol–water partition coefficient (Wildman–Crippen LogP) is 2.82. The number of amides is 2. The third kappa shape index (κ3) is 6.77. The first kappa shape index (κ1) is 19.5. The van der Waals surface area contributed by atoms with Crippen molar-refractivity contribution in [1.29, 1.82) is 0 Å². The Morgan fingerprint density at radius 2 is 2.00 bits per heavy atom. The molecule has 0 saturated heterocycles. The number of hydrogen-bond acceptors (Lipinski definition) is 5. The summed E-state index contributed by atoms with van der Waals surface area (Å²) < 4.78 is 0. The number of hydrogen-bond donors (Lipinski definition) is 3. The normalized spacial score (nSPS) is 13.4. The lowest BCUT2D eigenvalue weighted by Crippen LogP contribution is -2.29. The van der Waals surface area contributed by atoms with Crippen LogP contribution in [0.4, 0.5) is 5.13 Å². The molecule has 27 heavy (non-hydrogen) atoms. The fourth-order valence-corrected chi connectivity index (χ4v) is 3.47. The highest BCUT2D eigenvalue weighted by Crippen LogP contribution is 2.27. The van der Waals surface area contributed by atoms with E-state index in [1.165, 1.54) is 36.7 Å². The number of anilines is 1. The van der Waals surface area contributed by atoms with Gasteiger partial charge in [-0.2, -0.15) is 0 Å². The first-order valence-electron chi connectivity index (χ1n) is 9.40. The van der Waals surface area contributed by atoms with Crippen molar-refractivity contribution in [2.75, 3.05) is 25.0 Å². The standard InChI is InChI=1S/C20H26N4O2S/c1-14(25)22-10-2-3-15-6-8-17(9-7-15)18-13-27-20(23-18)24-19(26)12-21-11-16-4-5-16/h6-9,13,16,21H,2-5,10-12H2,1H3,(H,22,25)(H,23,24,26). The maximum absolute atomic E-state index is 11.9. The molecule has 1 aliphatic carbocycles. The van der Waals surface area contributed by atoms with Crippen LogP contribution in [-0.4, -0.2) is 36.4 Å². The van der Waals surface area contributed by atoms with Gasteiger partial charge in [-0.1, -0.05) is 24.3 Å². The molecule has 2 amide bonds. The van der Waals surface area contributed by atoms with Gasteiger partial charge in [-0.05, 0) is 43.7 Å². The zero-order valence-corrected chi connectivity index (χ0v) is 16.4. The minimum atomic E-state index is -0.0499. The highest BCUT2D eigenvalue weighted by Gasteiger charge is 2.20. The summed E-state index contributed by atoms with van der Waals surface area (Å²) in [6.45, 7) is 3.48. The zero-order valence-electron chi connectivity index (χ0n) is 15.6. The molecule has 6 nitrogen and oxygen atoms in total. The van der Waals surface area contributed by atoms with E-state index in [4.69, 9.17) is 0 Å². The molecule has 3 N–H and O–H groups in total. The summed E-state index contributed by atoms with van der Waals surface area (Å²) in [4.78, 5) is 27.3. The van der Waals surface area contributed by atoms with Crippen LogP contribution in [0.5, 0.6) is 0 Å². The van der Waals surface area contributed by atoms with Gasteiger partial charge in [0, 0.05) is 24.4 Å². The molecule has 1 aromatic heterocycles. The molecule has 0 bridgehead atoms. The Hall–Kier alpha value is -2.25. The monoisotopic (exact) mass is 386 g/mol.